The van der Waals surface area contributed by atoms with E-state index in [9.17, 15) is 0 Å². The van der Waals surface area contributed by atoms with Gasteiger partial charge in [-0.05, 0) is 19.1 Å². The summed E-state index contributed by atoms with van der Waals surface area (Å²) < 4.78 is 0. The molecule has 2 rings (SSSR count). The van der Waals surface area contributed by atoms with E-state index in [-0.39, 0.29) is 0 Å². The minimum Gasteiger partial charge on any atom is -0.399 e. The Morgan fingerprint density at radius 1 is 1.25 bits per heavy atom. The second kappa shape index (κ2) is 3.99. The molecular weight excluding hydrogens is 200 g/mol. The highest BCUT2D eigenvalue weighted by molar-refractivity contribution is 5.71. The zero-order chi connectivity index (χ0) is 11.5. The fourth-order valence-corrected chi connectivity index (χ4v) is 1.44. The minimum atomic E-state index is 0.535. The van der Waals surface area contributed by atoms with Crippen molar-refractivity contribution in [2.75, 3.05) is 5.73 Å². The van der Waals surface area contributed by atoms with Gasteiger partial charge in [-0.25, -0.2) is 9.97 Å². The van der Waals surface area contributed by atoms with Crippen LogP contribution in [0.4, 0.5) is 5.69 Å². The summed E-state index contributed by atoms with van der Waals surface area (Å²) in [4.78, 5) is 8.20. The standard InChI is InChI=1S/C12H10N4/c1-8-15-6-10(7-16-8)12-3-2-11(14)4-9(12)5-13/h2-4,6-7H,14H2,1H3. The molecule has 0 fully saturated rings. The number of hydrogen-bond acceptors (Lipinski definition) is 4. The number of nitriles is 1. The van der Waals surface area contributed by atoms with E-state index in [0.717, 1.165) is 11.1 Å². The smallest absolute Gasteiger partial charge is 0.125 e. The molecule has 0 saturated heterocycles. The molecule has 4 nitrogen and oxygen atoms in total. The van der Waals surface area contributed by atoms with E-state index in [0.29, 0.717) is 17.1 Å². The molecule has 0 saturated carbocycles. The lowest BCUT2D eigenvalue weighted by Gasteiger charge is -2.04. The van der Waals surface area contributed by atoms with Crippen molar-refractivity contribution in [3.05, 3.63) is 42.0 Å². The lowest BCUT2D eigenvalue weighted by atomic mass is 10.0. The molecule has 0 bridgehead atoms. The quantitative estimate of drug-likeness (QED) is 0.729. The SMILES string of the molecule is Cc1ncc(-c2ccc(N)cc2C#N)cn1. The van der Waals surface area contributed by atoms with Gasteiger partial charge in [-0.1, -0.05) is 6.07 Å². The van der Waals surface area contributed by atoms with Crippen molar-refractivity contribution in [3.8, 4) is 17.2 Å². The summed E-state index contributed by atoms with van der Waals surface area (Å²) in [6.07, 6.45) is 3.41. The van der Waals surface area contributed by atoms with Crippen molar-refractivity contribution in [3.63, 3.8) is 0 Å². The highest BCUT2D eigenvalue weighted by Crippen LogP contribution is 2.23. The molecule has 0 radical (unpaired) electrons. The normalized spacial score (nSPS) is 9.75. The van der Waals surface area contributed by atoms with Crippen LogP contribution in [0.1, 0.15) is 11.4 Å². The van der Waals surface area contributed by atoms with Crippen LogP contribution in [0.3, 0.4) is 0 Å². The van der Waals surface area contributed by atoms with Crippen LogP contribution >= 0.6 is 0 Å². The fraction of sp³-hybridized carbons (Fsp3) is 0.0833. The van der Waals surface area contributed by atoms with E-state index in [1.54, 1.807) is 24.5 Å². The summed E-state index contributed by atoms with van der Waals surface area (Å²) in [6.45, 7) is 1.82. The molecule has 2 aromatic rings. The minimum absolute atomic E-state index is 0.535. The van der Waals surface area contributed by atoms with Crippen molar-refractivity contribution in [2.24, 2.45) is 0 Å². The van der Waals surface area contributed by atoms with Gasteiger partial charge >= 0.3 is 0 Å². The Bertz CT molecular complexity index is 552. The Labute approximate surface area is 93.4 Å². The zero-order valence-corrected chi connectivity index (χ0v) is 8.81. The van der Waals surface area contributed by atoms with Crippen LogP contribution in [0.25, 0.3) is 11.1 Å². The predicted molar refractivity (Wildman–Crippen MR) is 61.3 cm³/mol. The molecule has 1 aromatic carbocycles. The van der Waals surface area contributed by atoms with Gasteiger partial charge in [0.25, 0.3) is 0 Å². The molecule has 0 aliphatic heterocycles. The van der Waals surface area contributed by atoms with Gasteiger partial charge in [0.15, 0.2) is 0 Å². The van der Waals surface area contributed by atoms with E-state index >= 15 is 0 Å². The highest BCUT2D eigenvalue weighted by atomic mass is 14.8. The maximum Gasteiger partial charge on any atom is 0.125 e. The molecule has 4 heteroatoms. The topological polar surface area (TPSA) is 75.6 Å². The summed E-state index contributed by atoms with van der Waals surface area (Å²) in [5.41, 5.74) is 8.36. The highest BCUT2D eigenvalue weighted by Gasteiger charge is 2.05. The molecule has 1 heterocycles. The molecular formula is C12H10N4. The number of nitrogens with two attached hydrogens (primary N) is 1. The Morgan fingerprint density at radius 2 is 1.94 bits per heavy atom. The average molecular weight is 210 g/mol. The van der Waals surface area contributed by atoms with Crippen LogP contribution in [-0.2, 0) is 0 Å². The number of rotatable bonds is 1. The molecule has 0 aliphatic carbocycles. The molecule has 0 atom stereocenters. The molecule has 0 unspecified atom stereocenters. The molecule has 0 aliphatic rings. The first-order valence-electron chi connectivity index (χ1n) is 4.79. The van der Waals surface area contributed by atoms with Gasteiger partial charge in [-0.2, -0.15) is 5.26 Å². The van der Waals surface area contributed by atoms with Crippen molar-refractivity contribution in [1.82, 2.24) is 9.97 Å². The summed E-state index contributed by atoms with van der Waals surface area (Å²) in [5, 5.41) is 9.01. The van der Waals surface area contributed by atoms with Crippen molar-refractivity contribution < 1.29 is 0 Å². The van der Waals surface area contributed by atoms with Crippen molar-refractivity contribution in [1.29, 1.82) is 5.26 Å². The van der Waals surface area contributed by atoms with Crippen LogP contribution in [-0.4, -0.2) is 9.97 Å². The molecule has 2 N–H and O–H groups in total. The second-order valence-electron chi connectivity index (χ2n) is 3.44. The number of nitrogen functional groups attached to an aromatic ring is 1. The molecule has 1 aromatic heterocycles. The summed E-state index contributed by atoms with van der Waals surface area (Å²) in [5.74, 6) is 0.706. The number of aryl methyl sites for hydroxylation is 1. The first-order chi connectivity index (χ1) is 7.70. The number of benzene rings is 1. The van der Waals surface area contributed by atoms with Crippen LogP contribution in [0.2, 0.25) is 0 Å². The lowest BCUT2D eigenvalue weighted by Crippen LogP contribution is -1.92. The maximum absolute atomic E-state index is 9.01. The van der Waals surface area contributed by atoms with Crippen LogP contribution in [0.15, 0.2) is 30.6 Å². The number of anilines is 1. The first-order valence-corrected chi connectivity index (χ1v) is 4.79. The molecule has 0 spiro atoms. The molecule has 16 heavy (non-hydrogen) atoms. The van der Waals surface area contributed by atoms with Crippen molar-refractivity contribution in [2.45, 2.75) is 6.92 Å². The Balaban J connectivity index is 2.56. The largest absolute Gasteiger partial charge is 0.399 e. The Kier molecular flexibility index (Phi) is 2.52. The second-order valence-corrected chi connectivity index (χ2v) is 3.44. The van der Waals surface area contributed by atoms with Crippen LogP contribution in [0.5, 0.6) is 0 Å². The van der Waals surface area contributed by atoms with Gasteiger partial charge in [0.2, 0.25) is 0 Å². The van der Waals surface area contributed by atoms with Gasteiger partial charge in [0.1, 0.15) is 5.82 Å². The number of nitrogens with zero attached hydrogens (tertiary/aromatic N) is 3. The van der Waals surface area contributed by atoms with Crippen molar-refractivity contribution >= 4 is 5.69 Å². The van der Waals surface area contributed by atoms with Crippen LogP contribution in [0, 0.1) is 18.3 Å². The van der Waals surface area contributed by atoms with Gasteiger partial charge in [-0.15, -0.1) is 0 Å². The van der Waals surface area contributed by atoms with E-state index in [2.05, 4.69) is 16.0 Å². The monoisotopic (exact) mass is 210 g/mol. The third-order valence-corrected chi connectivity index (χ3v) is 2.26. The van der Waals surface area contributed by atoms with E-state index in [1.807, 2.05) is 13.0 Å². The number of aromatic nitrogens is 2. The summed E-state index contributed by atoms with van der Waals surface area (Å²) >= 11 is 0. The predicted octanol–water partition coefficient (Wildman–Crippen LogP) is 1.91. The summed E-state index contributed by atoms with van der Waals surface area (Å²) in [6, 6.07) is 7.33. The maximum atomic E-state index is 9.01. The summed E-state index contributed by atoms with van der Waals surface area (Å²) in [7, 11) is 0. The Morgan fingerprint density at radius 3 is 2.56 bits per heavy atom. The molecule has 0 amide bonds. The molecule has 78 valence electrons. The fourth-order valence-electron chi connectivity index (χ4n) is 1.44. The van der Waals surface area contributed by atoms with Gasteiger partial charge in [0.05, 0.1) is 11.6 Å². The third-order valence-electron chi connectivity index (χ3n) is 2.26. The van der Waals surface area contributed by atoms with E-state index in [4.69, 9.17) is 11.0 Å². The van der Waals surface area contributed by atoms with Gasteiger partial charge in [0, 0.05) is 29.2 Å². The van der Waals surface area contributed by atoms with E-state index < -0.39 is 0 Å². The van der Waals surface area contributed by atoms with Gasteiger partial charge in [-0.3, -0.25) is 0 Å². The Hall–Kier alpha value is -2.41. The third kappa shape index (κ3) is 1.84. The zero-order valence-electron chi connectivity index (χ0n) is 8.81. The van der Waals surface area contributed by atoms with E-state index in [1.165, 1.54) is 0 Å². The lowest BCUT2D eigenvalue weighted by molar-refractivity contribution is 1.06. The first kappa shape index (κ1) is 10.1. The number of hydrogen-bond donors (Lipinski definition) is 1. The average Bonchev–Trinajstić information content (AvgIpc) is 2.30. The van der Waals surface area contributed by atoms with Crippen LogP contribution < -0.4 is 5.73 Å². The van der Waals surface area contributed by atoms with Gasteiger partial charge < -0.3 is 5.73 Å².